The molecular formula is C13H18F9NO5S. The van der Waals surface area contributed by atoms with Crippen molar-refractivity contribution in [2.75, 3.05) is 34.3 Å². The molecule has 174 valence electrons. The monoisotopic (exact) mass is 471 g/mol. The summed E-state index contributed by atoms with van der Waals surface area (Å²) in [5.74, 6) is -15.1. The van der Waals surface area contributed by atoms with Crippen molar-refractivity contribution in [3.63, 3.8) is 0 Å². The van der Waals surface area contributed by atoms with Crippen LogP contribution in [0.2, 0.25) is 0 Å². The average Bonchev–Trinajstić information content (AvgIpc) is 2.43. The van der Waals surface area contributed by atoms with Crippen molar-refractivity contribution >= 4 is 16.1 Å². The lowest BCUT2D eigenvalue weighted by atomic mass is 10.1. The summed E-state index contributed by atoms with van der Waals surface area (Å²) in [5, 5.41) is -7.11. The Bertz CT molecular complexity index is 696. The van der Waals surface area contributed by atoms with Gasteiger partial charge >= 0.3 is 29.2 Å². The molecule has 16 heteroatoms. The molecule has 0 heterocycles. The number of alkyl halides is 9. The van der Waals surface area contributed by atoms with E-state index in [0.29, 0.717) is 12.2 Å². The third-order valence-electron chi connectivity index (χ3n) is 2.77. The van der Waals surface area contributed by atoms with E-state index < -0.39 is 33.4 Å². The highest BCUT2D eigenvalue weighted by atomic mass is 32.2. The normalized spacial score (nSPS) is 14.0. The number of likely N-dealkylation sites (N-methyl/N-ethyl adjacent to an activating group) is 1. The minimum Gasteiger partial charge on any atom is -0.743 e. The maximum atomic E-state index is 12.2. The van der Waals surface area contributed by atoms with E-state index in [0.717, 1.165) is 11.0 Å². The first-order valence-corrected chi connectivity index (χ1v) is 8.52. The van der Waals surface area contributed by atoms with Crippen LogP contribution in [0.1, 0.15) is 6.92 Å². The Balaban J connectivity index is 0. The molecule has 0 amide bonds. The van der Waals surface area contributed by atoms with Crippen LogP contribution in [0.3, 0.4) is 0 Å². The molecule has 0 radical (unpaired) electrons. The van der Waals surface area contributed by atoms with Crippen molar-refractivity contribution in [2.45, 2.75) is 30.2 Å². The molecule has 29 heavy (non-hydrogen) atoms. The third kappa shape index (κ3) is 7.65. The Kier molecular flexibility index (Phi) is 9.28. The van der Waals surface area contributed by atoms with Crippen LogP contribution in [-0.4, -0.2) is 81.0 Å². The van der Waals surface area contributed by atoms with Gasteiger partial charge in [-0.1, -0.05) is 6.58 Å². The van der Waals surface area contributed by atoms with Gasteiger partial charge in [0.15, 0.2) is 10.1 Å². The molecule has 0 N–H and O–H groups in total. The van der Waals surface area contributed by atoms with E-state index in [1.807, 2.05) is 0 Å². The highest BCUT2D eigenvalue weighted by molar-refractivity contribution is 7.86. The number of halogens is 9. The SMILES string of the molecule is C=C(C)C(=O)OCC[N+](C)(C)C.O=S(=O)([O-])C(F)(F)C(F)(F)C(F)(F)C(F)(F)F. The number of carbonyl (C=O) groups is 1. The summed E-state index contributed by atoms with van der Waals surface area (Å²) >= 11 is 0. The molecule has 0 aliphatic heterocycles. The molecule has 0 atom stereocenters. The van der Waals surface area contributed by atoms with Crippen LogP contribution in [0.25, 0.3) is 0 Å². The molecule has 0 aromatic rings. The standard InChI is InChI=1S/C9H18NO2.C4HF9O3S/c1-8(2)9(11)12-7-6-10(3,4)5;5-1(6,3(9,10)11)2(7,8)4(12,13)17(14,15)16/h1,6-7H2,2-5H3;(H,14,15,16)/q+1;/p-1. The molecule has 0 rings (SSSR count). The Morgan fingerprint density at radius 3 is 1.59 bits per heavy atom. The van der Waals surface area contributed by atoms with Crippen molar-refractivity contribution in [2.24, 2.45) is 0 Å². The smallest absolute Gasteiger partial charge is 0.460 e. The number of hydrogen-bond acceptors (Lipinski definition) is 5. The maximum Gasteiger partial charge on any atom is 0.460 e. The van der Waals surface area contributed by atoms with Crippen molar-refractivity contribution in [1.82, 2.24) is 0 Å². The van der Waals surface area contributed by atoms with Crippen LogP contribution in [0, 0.1) is 0 Å². The van der Waals surface area contributed by atoms with Gasteiger partial charge in [-0.3, -0.25) is 0 Å². The Labute approximate surface area is 160 Å². The van der Waals surface area contributed by atoms with Crippen LogP contribution in [-0.2, 0) is 19.6 Å². The van der Waals surface area contributed by atoms with E-state index in [1.54, 1.807) is 6.92 Å². The zero-order valence-electron chi connectivity index (χ0n) is 15.4. The highest BCUT2D eigenvalue weighted by Gasteiger charge is 2.83. The fourth-order valence-electron chi connectivity index (χ4n) is 1.05. The fourth-order valence-corrected chi connectivity index (χ4v) is 1.50. The average molecular weight is 471 g/mol. The summed E-state index contributed by atoms with van der Waals surface area (Å²) < 4.78 is 141. The van der Waals surface area contributed by atoms with Gasteiger partial charge in [-0.15, -0.1) is 0 Å². The van der Waals surface area contributed by atoms with E-state index in [1.165, 1.54) is 0 Å². The predicted octanol–water partition coefficient (Wildman–Crippen LogP) is 2.77. The number of rotatable bonds is 7. The molecule has 0 aliphatic rings. The molecular weight excluding hydrogens is 453 g/mol. The van der Waals surface area contributed by atoms with Gasteiger partial charge in [-0.05, 0) is 6.92 Å². The number of carbonyl (C=O) groups excluding carboxylic acids is 1. The molecule has 0 saturated heterocycles. The molecule has 0 fully saturated rings. The van der Waals surface area contributed by atoms with Crippen molar-refractivity contribution < 1.29 is 66.5 Å². The van der Waals surface area contributed by atoms with Crippen molar-refractivity contribution in [3.05, 3.63) is 12.2 Å². The van der Waals surface area contributed by atoms with Gasteiger partial charge in [0.2, 0.25) is 0 Å². The van der Waals surface area contributed by atoms with E-state index in [9.17, 15) is 57.3 Å². The maximum absolute atomic E-state index is 12.2. The fraction of sp³-hybridized carbons (Fsp3) is 0.769. The van der Waals surface area contributed by atoms with Gasteiger partial charge in [0.05, 0.1) is 21.1 Å². The molecule has 0 saturated carbocycles. The first kappa shape index (κ1) is 29.6. The third-order valence-corrected chi connectivity index (χ3v) is 3.66. The van der Waals surface area contributed by atoms with E-state index in [4.69, 9.17) is 4.74 Å². The predicted molar refractivity (Wildman–Crippen MR) is 79.3 cm³/mol. The molecule has 0 aliphatic carbocycles. The second-order valence-corrected chi connectivity index (χ2v) is 7.97. The van der Waals surface area contributed by atoms with Crippen LogP contribution in [0.5, 0.6) is 0 Å². The quantitative estimate of drug-likeness (QED) is 0.188. The van der Waals surface area contributed by atoms with Gasteiger partial charge in [0.1, 0.15) is 13.2 Å². The largest absolute Gasteiger partial charge is 0.743 e. The lowest BCUT2D eigenvalue weighted by Gasteiger charge is -2.34. The van der Waals surface area contributed by atoms with Crippen LogP contribution in [0.4, 0.5) is 39.5 Å². The zero-order valence-corrected chi connectivity index (χ0v) is 16.2. The molecule has 0 aromatic carbocycles. The molecule has 6 nitrogen and oxygen atoms in total. The summed E-state index contributed by atoms with van der Waals surface area (Å²) in [6.45, 7) is 6.41. The lowest BCUT2D eigenvalue weighted by Crippen LogP contribution is -2.63. The van der Waals surface area contributed by atoms with Gasteiger partial charge in [-0.25, -0.2) is 13.2 Å². The summed E-state index contributed by atoms with van der Waals surface area (Å²) in [6, 6.07) is 0. The molecule has 0 aromatic heterocycles. The number of nitrogens with zero attached hydrogens (tertiary/aromatic N) is 1. The first-order valence-electron chi connectivity index (χ1n) is 7.11. The Morgan fingerprint density at radius 1 is 0.966 bits per heavy atom. The Hall–Kier alpha value is -1.55. The van der Waals surface area contributed by atoms with Crippen molar-refractivity contribution in [3.8, 4) is 0 Å². The van der Waals surface area contributed by atoms with Crippen molar-refractivity contribution in [1.29, 1.82) is 0 Å². The van der Waals surface area contributed by atoms with E-state index in [2.05, 4.69) is 27.7 Å². The minimum atomic E-state index is -7.43. The summed E-state index contributed by atoms with van der Waals surface area (Å²) in [7, 11) is -1.27. The second kappa shape index (κ2) is 9.07. The Morgan fingerprint density at radius 2 is 1.34 bits per heavy atom. The number of hydrogen-bond donors (Lipinski definition) is 0. The number of esters is 1. The second-order valence-electron chi connectivity index (χ2n) is 6.55. The topological polar surface area (TPSA) is 83.5 Å². The zero-order chi connectivity index (χ0) is 24.3. The molecule has 0 unspecified atom stereocenters. The highest BCUT2D eigenvalue weighted by Crippen LogP contribution is 2.54. The van der Waals surface area contributed by atoms with Gasteiger partial charge in [-0.2, -0.15) is 39.5 Å². The van der Waals surface area contributed by atoms with E-state index in [-0.39, 0.29) is 5.97 Å². The minimum absolute atomic E-state index is 0.302. The van der Waals surface area contributed by atoms with Crippen LogP contribution in [0.15, 0.2) is 12.2 Å². The number of quaternary nitrogens is 1. The van der Waals surface area contributed by atoms with Crippen LogP contribution >= 0.6 is 0 Å². The number of ether oxygens (including phenoxy) is 1. The molecule has 0 bridgehead atoms. The summed E-state index contributed by atoms with van der Waals surface area (Å²) in [5.41, 5.74) is 0.455. The summed E-state index contributed by atoms with van der Waals surface area (Å²) in [6.07, 6.45) is -7.16. The van der Waals surface area contributed by atoms with Gasteiger partial charge in [0, 0.05) is 5.57 Å². The van der Waals surface area contributed by atoms with E-state index >= 15 is 0 Å². The summed E-state index contributed by atoms with van der Waals surface area (Å²) in [4.78, 5) is 10.9. The molecule has 0 spiro atoms. The van der Waals surface area contributed by atoms with Crippen LogP contribution < -0.4 is 0 Å². The van der Waals surface area contributed by atoms with Gasteiger partial charge < -0.3 is 13.8 Å². The first-order chi connectivity index (χ1) is 12.3. The van der Waals surface area contributed by atoms with Gasteiger partial charge in [0.25, 0.3) is 0 Å². The lowest BCUT2D eigenvalue weighted by molar-refractivity contribution is -0.870.